The molecule has 2 atom stereocenters. The summed E-state index contributed by atoms with van der Waals surface area (Å²) in [4.78, 5) is 0. The van der Waals surface area contributed by atoms with Crippen LogP contribution >= 0.6 is 28.1 Å². The van der Waals surface area contributed by atoms with Gasteiger partial charge in [0, 0.05) is 25.7 Å². The van der Waals surface area contributed by atoms with E-state index in [1.54, 1.807) is 24.3 Å². The second kappa shape index (κ2) is 9.81. The first-order chi connectivity index (χ1) is 10.4. The summed E-state index contributed by atoms with van der Waals surface area (Å²) in [5, 5.41) is 11.1. The van der Waals surface area contributed by atoms with Crippen molar-refractivity contribution in [2.45, 2.75) is 12.0 Å². The second-order valence-corrected chi connectivity index (χ2v) is 7.35. The Bertz CT molecular complexity index is 506. The fraction of sp³-hybridized carbons (Fsp3) is 0.500. The highest BCUT2D eigenvalue weighted by Gasteiger charge is 2.30. The quantitative estimate of drug-likeness (QED) is 0.631. The van der Waals surface area contributed by atoms with Crippen LogP contribution in [0.2, 0.25) is 5.02 Å². The maximum absolute atomic E-state index is 11.2. The third-order valence-corrected chi connectivity index (χ3v) is 4.33. The van der Waals surface area contributed by atoms with E-state index in [2.05, 4.69) is 9.05 Å². The Labute approximate surface area is 135 Å². The molecule has 0 aliphatic rings. The molecule has 0 spiro atoms. The molecule has 0 saturated heterocycles. The highest BCUT2D eigenvalue weighted by molar-refractivity contribution is 7.33. The zero-order chi connectivity index (χ0) is 16.6. The Morgan fingerprint density at radius 2 is 1.68 bits per heavy atom. The van der Waals surface area contributed by atoms with Crippen LogP contribution in [0.5, 0.6) is 0 Å². The summed E-state index contributed by atoms with van der Waals surface area (Å²) in [7, 11) is -2.93. The van der Waals surface area contributed by atoms with Gasteiger partial charge in [0.15, 0.2) is 0 Å². The molecule has 0 amide bonds. The molecule has 0 aromatic heterocycles. The largest absolute Gasteiger partial charge is 0.385 e. The fourth-order valence-corrected chi connectivity index (χ4v) is 2.90. The highest BCUT2D eigenvalue weighted by Crippen LogP contribution is 2.29. The van der Waals surface area contributed by atoms with Gasteiger partial charge in [-0.1, -0.05) is 23.7 Å². The van der Waals surface area contributed by atoms with Crippen molar-refractivity contribution in [1.82, 2.24) is 0 Å². The summed E-state index contributed by atoms with van der Waals surface area (Å²) in [6.07, 6.45) is 0.102. The van der Waals surface area contributed by atoms with Gasteiger partial charge < -0.3 is 23.2 Å². The first-order valence-corrected chi connectivity index (χ1v) is 9.09. The second-order valence-electron chi connectivity index (χ2n) is 4.52. The molecule has 1 N–H and O–H groups in total. The highest BCUT2D eigenvalue weighted by atomic mass is 35.5. The van der Waals surface area contributed by atoms with E-state index >= 15 is 0 Å². The Hall–Kier alpha value is -0.230. The number of hydrogen-bond donors (Lipinski definition) is 1. The lowest BCUT2D eigenvalue weighted by Crippen LogP contribution is -2.40. The SMILES string of the molecule is CO[PH](=O)OCC(O)(CO[PH](=O)OC)Cc1cccc(Cl)c1. The van der Waals surface area contributed by atoms with Crippen LogP contribution in [0.15, 0.2) is 24.3 Å². The van der Waals surface area contributed by atoms with Gasteiger partial charge >= 0.3 is 16.5 Å². The van der Waals surface area contributed by atoms with E-state index < -0.39 is 22.1 Å². The number of aliphatic hydroxyl groups is 1. The average molecular weight is 373 g/mol. The number of rotatable bonds is 10. The Morgan fingerprint density at radius 3 is 2.14 bits per heavy atom. The molecule has 22 heavy (non-hydrogen) atoms. The van der Waals surface area contributed by atoms with Crippen molar-refractivity contribution in [3.63, 3.8) is 0 Å². The Balaban J connectivity index is 2.79. The third-order valence-electron chi connectivity index (χ3n) is 2.67. The smallest absolute Gasteiger partial charge is 0.318 e. The lowest BCUT2D eigenvalue weighted by Gasteiger charge is -2.27. The first kappa shape index (κ1) is 19.8. The molecule has 7 nitrogen and oxygen atoms in total. The van der Waals surface area contributed by atoms with E-state index in [4.69, 9.17) is 20.6 Å². The van der Waals surface area contributed by atoms with Crippen LogP contribution in [0.3, 0.4) is 0 Å². The van der Waals surface area contributed by atoms with Crippen LogP contribution in [0.4, 0.5) is 0 Å². The summed E-state index contributed by atoms with van der Waals surface area (Å²) in [5.74, 6) is 0. The van der Waals surface area contributed by atoms with Gasteiger partial charge in [-0.2, -0.15) is 0 Å². The zero-order valence-corrected chi connectivity index (χ0v) is 15.0. The Morgan fingerprint density at radius 1 is 1.14 bits per heavy atom. The van der Waals surface area contributed by atoms with Crippen LogP contribution in [-0.4, -0.2) is 38.1 Å². The topological polar surface area (TPSA) is 91.3 Å². The summed E-state index contributed by atoms with van der Waals surface area (Å²) in [6.45, 7) is -0.631. The monoisotopic (exact) mass is 372 g/mol. The van der Waals surface area contributed by atoms with Crippen LogP contribution < -0.4 is 0 Å². The zero-order valence-electron chi connectivity index (χ0n) is 12.2. The van der Waals surface area contributed by atoms with E-state index in [1.807, 2.05) is 0 Å². The van der Waals surface area contributed by atoms with Gasteiger partial charge in [-0.25, -0.2) is 0 Å². The van der Waals surface area contributed by atoms with E-state index in [0.717, 1.165) is 5.56 Å². The number of halogens is 1. The van der Waals surface area contributed by atoms with Gasteiger partial charge in [0.25, 0.3) is 0 Å². The van der Waals surface area contributed by atoms with Gasteiger partial charge in [-0.15, -0.1) is 0 Å². The molecule has 0 heterocycles. The van der Waals surface area contributed by atoms with Crippen LogP contribution in [0.1, 0.15) is 5.56 Å². The predicted octanol–water partition coefficient (Wildman–Crippen LogP) is 2.72. The third kappa shape index (κ3) is 7.36. The van der Waals surface area contributed by atoms with Crippen LogP contribution in [0, 0.1) is 0 Å². The summed E-state index contributed by atoms with van der Waals surface area (Å²) < 4.78 is 41.5. The minimum absolute atomic E-state index is 0.102. The molecule has 126 valence electrons. The van der Waals surface area contributed by atoms with Crippen molar-refractivity contribution in [3.05, 3.63) is 34.9 Å². The van der Waals surface area contributed by atoms with E-state index in [1.165, 1.54) is 14.2 Å². The predicted molar refractivity (Wildman–Crippen MR) is 84.0 cm³/mol. The van der Waals surface area contributed by atoms with E-state index in [0.29, 0.717) is 5.02 Å². The van der Waals surface area contributed by atoms with Crippen LogP contribution in [0.25, 0.3) is 0 Å². The molecule has 0 aliphatic heterocycles. The summed E-state index contributed by atoms with van der Waals surface area (Å²) in [6, 6.07) is 6.86. The molecule has 0 radical (unpaired) electrons. The van der Waals surface area contributed by atoms with Crippen molar-refractivity contribution in [2.24, 2.45) is 0 Å². The lowest BCUT2D eigenvalue weighted by atomic mass is 9.96. The molecule has 0 saturated carbocycles. The van der Waals surface area contributed by atoms with Crippen LogP contribution in [-0.2, 0) is 33.6 Å². The number of hydrogen-bond acceptors (Lipinski definition) is 7. The van der Waals surface area contributed by atoms with Gasteiger partial charge in [0.2, 0.25) is 0 Å². The molecule has 0 bridgehead atoms. The van der Waals surface area contributed by atoms with Crippen molar-refractivity contribution >= 4 is 28.1 Å². The van der Waals surface area contributed by atoms with Gasteiger partial charge in [-0.05, 0) is 17.7 Å². The van der Waals surface area contributed by atoms with Crippen molar-refractivity contribution in [2.75, 3.05) is 27.4 Å². The fourth-order valence-electron chi connectivity index (χ4n) is 1.67. The van der Waals surface area contributed by atoms with E-state index in [-0.39, 0.29) is 19.6 Å². The average Bonchev–Trinajstić information content (AvgIpc) is 2.50. The normalized spacial score (nSPS) is 16.9. The van der Waals surface area contributed by atoms with Gasteiger partial charge in [-0.3, -0.25) is 9.13 Å². The van der Waals surface area contributed by atoms with Crippen molar-refractivity contribution < 1.29 is 32.3 Å². The molecule has 10 heteroatoms. The molecule has 2 unspecified atom stereocenters. The van der Waals surface area contributed by atoms with Crippen molar-refractivity contribution in [1.29, 1.82) is 0 Å². The van der Waals surface area contributed by atoms with Gasteiger partial charge in [0.05, 0.1) is 13.2 Å². The van der Waals surface area contributed by atoms with Crippen molar-refractivity contribution in [3.8, 4) is 0 Å². The lowest BCUT2D eigenvalue weighted by molar-refractivity contribution is -0.0413. The Kier molecular flexibility index (Phi) is 8.83. The summed E-state index contributed by atoms with van der Waals surface area (Å²) >= 11 is 5.90. The molecule has 1 rings (SSSR count). The number of benzene rings is 1. The molecule has 0 aliphatic carbocycles. The molecular formula is C12H19ClO7P2. The minimum atomic E-state index is -2.70. The standard InChI is InChI=1S/C12H19ClO7P2/c1-17-21(15)19-8-12(14,9-20-22(16)18-2)7-10-4-3-5-11(13)6-10/h3-6,14,21-22H,7-9H2,1-2H3. The first-order valence-electron chi connectivity index (χ1n) is 6.27. The maximum Gasteiger partial charge on any atom is 0.318 e. The molecule has 0 fully saturated rings. The summed E-state index contributed by atoms with van der Waals surface area (Å²) in [5.41, 5.74) is -0.834. The minimum Gasteiger partial charge on any atom is -0.385 e. The molecule has 1 aromatic rings. The van der Waals surface area contributed by atoms with E-state index in [9.17, 15) is 14.2 Å². The molecule has 1 aromatic carbocycles. The molecular weight excluding hydrogens is 354 g/mol. The van der Waals surface area contributed by atoms with Gasteiger partial charge in [0.1, 0.15) is 5.60 Å². The maximum atomic E-state index is 11.2.